The Morgan fingerprint density at radius 3 is 2.35 bits per heavy atom. The van der Waals surface area contributed by atoms with Gasteiger partial charge >= 0.3 is 5.97 Å². The van der Waals surface area contributed by atoms with Crippen LogP contribution in [0.2, 0.25) is 0 Å². The number of aliphatic carboxylic acids is 1. The Kier molecular flexibility index (Phi) is 3.88. The topological polar surface area (TPSA) is 74.7 Å². The highest BCUT2D eigenvalue weighted by Crippen LogP contribution is 2.33. The number of carbonyl (C=O) groups is 1. The molecule has 2 rings (SSSR count). The minimum Gasteiger partial charge on any atom is -0.481 e. The molecule has 1 fully saturated rings. The van der Waals surface area contributed by atoms with Crippen molar-refractivity contribution in [1.29, 1.82) is 0 Å². The normalized spacial score (nSPS) is 19.1. The molecule has 1 aliphatic rings. The fourth-order valence-electron chi connectivity index (χ4n) is 2.61. The van der Waals surface area contributed by atoms with E-state index in [0.717, 1.165) is 12.8 Å². The van der Waals surface area contributed by atoms with Crippen LogP contribution in [0.4, 0.5) is 0 Å². The average Bonchev–Trinajstić information content (AvgIpc) is 2.69. The van der Waals surface area contributed by atoms with Crippen molar-refractivity contribution in [3.05, 3.63) is 29.8 Å². The molecule has 110 valence electrons. The predicted molar refractivity (Wildman–Crippen MR) is 75.0 cm³/mol. The molecule has 1 aliphatic heterocycles. The molecular formula is C14H19NO4S. The van der Waals surface area contributed by atoms with Crippen LogP contribution in [-0.4, -0.2) is 35.9 Å². The third-order valence-electron chi connectivity index (χ3n) is 3.69. The van der Waals surface area contributed by atoms with E-state index in [4.69, 9.17) is 5.11 Å². The van der Waals surface area contributed by atoms with Gasteiger partial charge in [-0.1, -0.05) is 12.1 Å². The van der Waals surface area contributed by atoms with Crippen molar-refractivity contribution in [1.82, 2.24) is 4.31 Å². The van der Waals surface area contributed by atoms with E-state index in [0.29, 0.717) is 12.1 Å². The highest BCUT2D eigenvalue weighted by atomic mass is 32.2. The molecule has 1 aromatic carbocycles. The van der Waals surface area contributed by atoms with Crippen molar-refractivity contribution in [2.75, 3.05) is 6.54 Å². The second-order valence-corrected chi connectivity index (χ2v) is 7.57. The maximum Gasteiger partial charge on any atom is 0.307 e. The first-order chi connectivity index (χ1) is 9.23. The van der Waals surface area contributed by atoms with Crippen molar-refractivity contribution < 1.29 is 18.3 Å². The third-order valence-corrected chi connectivity index (χ3v) is 5.82. The standard InChI is InChI=1S/C14H19NO4S/c1-14(2)8-3-9-15(14)20(18,19)12-6-4-11(5-7-12)10-13(16)17/h4-7H,3,8-10H2,1-2H3,(H,16,17). The van der Waals surface area contributed by atoms with Gasteiger partial charge in [-0.2, -0.15) is 4.31 Å². The van der Waals surface area contributed by atoms with Crippen LogP contribution in [0.25, 0.3) is 0 Å². The molecule has 0 aliphatic carbocycles. The number of carboxylic acid groups (broad SMARTS) is 1. The Hall–Kier alpha value is -1.40. The van der Waals surface area contributed by atoms with Crippen LogP contribution in [0.15, 0.2) is 29.2 Å². The minimum atomic E-state index is -3.51. The summed E-state index contributed by atoms with van der Waals surface area (Å²) < 4.78 is 26.7. The molecule has 0 saturated carbocycles. The number of hydrogen-bond acceptors (Lipinski definition) is 3. The maximum absolute atomic E-state index is 12.6. The van der Waals surface area contributed by atoms with Crippen LogP contribution in [-0.2, 0) is 21.2 Å². The SMILES string of the molecule is CC1(C)CCCN1S(=O)(=O)c1ccc(CC(=O)O)cc1. The number of hydrogen-bond donors (Lipinski definition) is 1. The first kappa shape index (κ1) is 15.0. The van der Waals surface area contributed by atoms with E-state index in [9.17, 15) is 13.2 Å². The van der Waals surface area contributed by atoms with Crippen LogP contribution in [0.1, 0.15) is 32.3 Å². The van der Waals surface area contributed by atoms with Crippen LogP contribution >= 0.6 is 0 Å². The average molecular weight is 297 g/mol. The van der Waals surface area contributed by atoms with Gasteiger partial charge in [0.15, 0.2) is 0 Å². The number of sulfonamides is 1. The molecule has 0 unspecified atom stereocenters. The molecule has 0 spiro atoms. The zero-order valence-electron chi connectivity index (χ0n) is 11.7. The second kappa shape index (κ2) is 5.18. The molecular weight excluding hydrogens is 278 g/mol. The Bertz CT molecular complexity index is 605. The third kappa shape index (κ3) is 2.86. The lowest BCUT2D eigenvalue weighted by atomic mass is 10.0. The van der Waals surface area contributed by atoms with Gasteiger partial charge in [0.2, 0.25) is 10.0 Å². The zero-order chi connectivity index (χ0) is 15.0. The van der Waals surface area contributed by atoms with Crippen molar-refractivity contribution in [3.8, 4) is 0 Å². The van der Waals surface area contributed by atoms with Crippen LogP contribution < -0.4 is 0 Å². The summed E-state index contributed by atoms with van der Waals surface area (Å²) in [6.45, 7) is 4.39. The lowest BCUT2D eigenvalue weighted by Crippen LogP contribution is -2.42. The molecule has 0 radical (unpaired) electrons. The molecule has 6 heteroatoms. The monoisotopic (exact) mass is 297 g/mol. The van der Waals surface area contributed by atoms with Crippen LogP contribution in [0.3, 0.4) is 0 Å². The predicted octanol–water partition coefficient (Wildman–Crippen LogP) is 1.88. The first-order valence-electron chi connectivity index (χ1n) is 6.57. The number of rotatable bonds is 4. The number of benzene rings is 1. The quantitative estimate of drug-likeness (QED) is 0.920. The summed E-state index contributed by atoms with van der Waals surface area (Å²) in [6.07, 6.45) is 1.61. The van der Waals surface area contributed by atoms with Gasteiger partial charge in [-0.05, 0) is 44.4 Å². The Morgan fingerprint density at radius 2 is 1.90 bits per heavy atom. The van der Waals surface area contributed by atoms with Crippen LogP contribution in [0.5, 0.6) is 0 Å². The van der Waals surface area contributed by atoms with Gasteiger partial charge in [0.1, 0.15) is 0 Å². The van der Waals surface area contributed by atoms with E-state index in [1.54, 1.807) is 12.1 Å². The van der Waals surface area contributed by atoms with E-state index in [1.165, 1.54) is 16.4 Å². The minimum absolute atomic E-state index is 0.102. The van der Waals surface area contributed by atoms with Crippen molar-refractivity contribution in [3.63, 3.8) is 0 Å². The van der Waals surface area contributed by atoms with Gasteiger partial charge in [0, 0.05) is 12.1 Å². The molecule has 0 atom stereocenters. The van der Waals surface area contributed by atoms with E-state index < -0.39 is 16.0 Å². The summed E-state index contributed by atoms with van der Waals surface area (Å²) in [5, 5.41) is 8.71. The molecule has 0 bridgehead atoms. The highest BCUT2D eigenvalue weighted by molar-refractivity contribution is 7.89. The molecule has 0 amide bonds. The van der Waals surface area contributed by atoms with E-state index in [-0.39, 0.29) is 16.9 Å². The van der Waals surface area contributed by atoms with Gasteiger partial charge in [0.05, 0.1) is 11.3 Å². The largest absolute Gasteiger partial charge is 0.481 e. The highest BCUT2D eigenvalue weighted by Gasteiger charge is 2.40. The van der Waals surface area contributed by atoms with Crippen LogP contribution in [0, 0.1) is 0 Å². The van der Waals surface area contributed by atoms with E-state index in [1.807, 2.05) is 13.8 Å². The molecule has 0 aromatic heterocycles. The molecule has 1 heterocycles. The fraction of sp³-hybridized carbons (Fsp3) is 0.500. The van der Waals surface area contributed by atoms with E-state index in [2.05, 4.69) is 0 Å². The summed E-state index contributed by atoms with van der Waals surface area (Å²) in [4.78, 5) is 10.8. The molecule has 5 nitrogen and oxygen atoms in total. The van der Waals surface area contributed by atoms with Gasteiger partial charge in [-0.15, -0.1) is 0 Å². The Labute approximate surface area is 119 Å². The summed E-state index contributed by atoms with van der Waals surface area (Å²) in [5.41, 5.74) is 0.232. The molecule has 1 aromatic rings. The van der Waals surface area contributed by atoms with Crippen molar-refractivity contribution >= 4 is 16.0 Å². The number of carboxylic acids is 1. The van der Waals surface area contributed by atoms with Gasteiger partial charge in [0.25, 0.3) is 0 Å². The smallest absolute Gasteiger partial charge is 0.307 e. The fourth-order valence-corrected chi connectivity index (χ4v) is 4.46. The molecule has 1 N–H and O–H groups in total. The van der Waals surface area contributed by atoms with E-state index >= 15 is 0 Å². The van der Waals surface area contributed by atoms with Gasteiger partial charge in [-0.25, -0.2) is 8.42 Å². The van der Waals surface area contributed by atoms with Gasteiger partial charge in [-0.3, -0.25) is 4.79 Å². The second-order valence-electron chi connectivity index (χ2n) is 5.71. The van der Waals surface area contributed by atoms with Crippen molar-refractivity contribution in [2.45, 2.75) is 43.5 Å². The summed E-state index contributed by atoms with van der Waals surface area (Å²) in [5.74, 6) is -0.929. The van der Waals surface area contributed by atoms with Crippen molar-refractivity contribution in [2.24, 2.45) is 0 Å². The molecule has 1 saturated heterocycles. The Morgan fingerprint density at radius 1 is 1.30 bits per heavy atom. The Balaban J connectivity index is 2.28. The lowest BCUT2D eigenvalue weighted by molar-refractivity contribution is -0.136. The summed E-state index contributed by atoms with van der Waals surface area (Å²) in [6, 6.07) is 6.10. The summed E-state index contributed by atoms with van der Waals surface area (Å²) >= 11 is 0. The van der Waals surface area contributed by atoms with Gasteiger partial charge < -0.3 is 5.11 Å². The maximum atomic E-state index is 12.6. The first-order valence-corrected chi connectivity index (χ1v) is 8.01. The zero-order valence-corrected chi connectivity index (χ0v) is 12.5. The molecule has 20 heavy (non-hydrogen) atoms. The lowest BCUT2D eigenvalue weighted by Gasteiger charge is -2.30. The summed E-state index contributed by atoms with van der Waals surface area (Å²) in [7, 11) is -3.51. The number of nitrogens with zero attached hydrogens (tertiary/aromatic N) is 1.